The molecular weight excluding hydrogens is 396 g/mol. The average molecular weight is 423 g/mol. The number of rotatable bonds is 7. The van der Waals surface area contributed by atoms with Crippen LogP contribution in [-0.2, 0) is 21.1 Å². The average Bonchev–Trinajstić information content (AvgIpc) is 3.46. The van der Waals surface area contributed by atoms with Gasteiger partial charge in [-0.05, 0) is 55.2 Å². The van der Waals surface area contributed by atoms with E-state index in [2.05, 4.69) is 10.3 Å². The highest BCUT2D eigenvalue weighted by atomic mass is 32.2. The van der Waals surface area contributed by atoms with Crippen molar-refractivity contribution in [2.75, 3.05) is 5.32 Å². The summed E-state index contributed by atoms with van der Waals surface area (Å²) in [5, 5.41) is 2.54. The van der Waals surface area contributed by atoms with Crippen LogP contribution in [0.2, 0.25) is 0 Å². The minimum absolute atomic E-state index is 0.138. The Morgan fingerprint density at radius 3 is 2.50 bits per heavy atom. The van der Waals surface area contributed by atoms with Crippen LogP contribution in [0.3, 0.4) is 0 Å². The molecule has 0 bridgehead atoms. The van der Waals surface area contributed by atoms with Crippen molar-refractivity contribution in [1.82, 2.24) is 4.98 Å². The van der Waals surface area contributed by atoms with Gasteiger partial charge in [-0.2, -0.15) is 0 Å². The normalized spacial score (nSPS) is 14.7. The molecular formula is C24H26N2O3S. The molecule has 156 valence electrons. The highest BCUT2D eigenvalue weighted by Gasteiger charge is 2.30. The zero-order valence-corrected chi connectivity index (χ0v) is 17.6. The lowest BCUT2D eigenvalue weighted by atomic mass is 10.2. The van der Waals surface area contributed by atoms with Crippen molar-refractivity contribution < 1.29 is 13.2 Å². The van der Waals surface area contributed by atoms with E-state index < -0.39 is 9.84 Å². The number of carbonyl (C=O) groups is 1. The molecule has 1 heterocycles. The van der Waals surface area contributed by atoms with Crippen LogP contribution in [0.4, 0.5) is 5.69 Å². The molecule has 2 N–H and O–H groups in total. The van der Waals surface area contributed by atoms with Gasteiger partial charge in [0.05, 0.1) is 10.1 Å². The van der Waals surface area contributed by atoms with Crippen molar-refractivity contribution in [3.05, 3.63) is 72.4 Å². The molecule has 0 unspecified atom stereocenters. The molecule has 4 rings (SSSR count). The zero-order valence-electron chi connectivity index (χ0n) is 16.8. The molecule has 0 spiro atoms. The molecule has 1 saturated carbocycles. The number of hydrogen-bond donors (Lipinski definition) is 2. The molecule has 0 saturated heterocycles. The first-order valence-electron chi connectivity index (χ1n) is 10.4. The maximum Gasteiger partial charge on any atom is 0.224 e. The second-order valence-corrected chi connectivity index (χ2v) is 10.0. The second kappa shape index (κ2) is 8.88. The third-order valence-corrected chi connectivity index (χ3v) is 7.90. The summed E-state index contributed by atoms with van der Waals surface area (Å²) in [6, 6.07) is 20.7. The number of H-pyrrole nitrogens is 1. The summed E-state index contributed by atoms with van der Waals surface area (Å²) >= 11 is 0. The molecule has 1 aromatic heterocycles. The Bertz CT molecular complexity index is 1110. The zero-order chi connectivity index (χ0) is 21.0. The van der Waals surface area contributed by atoms with Crippen molar-refractivity contribution in [2.45, 2.75) is 48.7 Å². The largest absolute Gasteiger partial charge is 0.358 e. The summed E-state index contributed by atoms with van der Waals surface area (Å²) in [7, 11) is -3.33. The maximum absolute atomic E-state index is 12.8. The van der Waals surface area contributed by atoms with E-state index in [1.165, 1.54) is 0 Å². The number of carbonyl (C=O) groups excluding carboxylic acids is 1. The van der Waals surface area contributed by atoms with Gasteiger partial charge in [-0.15, -0.1) is 0 Å². The Morgan fingerprint density at radius 2 is 1.73 bits per heavy atom. The van der Waals surface area contributed by atoms with Crippen LogP contribution in [0.1, 0.15) is 37.8 Å². The van der Waals surface area contributed by atoms with Gasteiger partial charge in [0, 0.05) is 23.5 Å². The highest BCUT2D eigenvalue weighted by Crippen LogP contribution is 2.30. The molecule has 1 fully saturated rings. The van der Waals surface area contributed by atoms with Crippen LogP contribution in [0.15, 0.2) is 71.6 Å². The number of benzene rings is 2. The van der Waals surface area contributed by atoms with E-state index in [9.17, 15) is 13.2 Å². The van der Waals surface area contributed by atoms with E-state index in [-0.39, 0.29) is 11.2 Å². The minimum Gasteiger partial charge on any atom is -0.358 e. The molecule has 3 aromatic rings. The van der Waals surface area contributed by atoms with Gasteiger partial charge >= 0.3 is 0 Å². The molecule has 0 atom stereocenters. The molecule has 1 aliphatic rings. The monoisotopic (exact) mass is 422 g/mol. The van der Waals surface area contributed by atoms with Crippen molar-refractivity contribution in [1.29, 1.82) is 0 Å². The number of aromatic nitrogens is 1. The lowest BCUT2D eigenvalue weighted by Gasteiger charge is -2.12. The predicted octanol–water partition coefficient (Wildman–Crippen LogP) is 4.97. The van der Waals surface area contributed by atoms with Crippen molar-refractivity contribution in [2.24, 2.45) is 0 Å². The lowest BCUT2D eigenvalue weighted by molar-refractivity contribution is -0.116. The van der Waals surface area contributed by atoms with Gasteiger partial charge in [0.25, 0.3) is 0 Å². The quantitative estimate of drug-likeness (QED) is 0.564. The summed E-state index contributed by atoms with van der Waals surface area (Å²) in [5.74, 6) is -0.138. The molecule has 0 aliphatic heterocycles. The number of anilines is 1. The molecule has 0 radical (unpaired) electrons. The number of amides is 1. The van der Waals surface area contributed by atoms with Gasteiger partial charge in [-0.1, -0.05) is 49.2 Å². The van der Waals surface area contributed by atoms with Crippen molar-refractivity contribution >= 4 is 21.4 Å². The van der Waals surface area contributed by atoms with E-state index in [4.69, 9.17) is 0 Å². The smallest absolute Gasteiger partial charge is 0.224 e. The summed E-state index contributed by atoms with van der Waals surface area (Å²) in [6.07, 6.45) is 4.27. The Labute approximate surface area is 177 Å². The summed E-state index contributed by atoms with van der Waals surface area (Å²) in [4.78, 5) is 16.1. The number of aromatic amines is 1. The second-order valence-electron chi connectivity index (χ2n) is 7.79. The molecule has 1 amide bonds. The maximum atomic E-state index is 12.8. The minimum atomic E-state index is -3.33. The number of aryl methyl sites for hydroxylation is 1. The van der Waals surface area contributed by atoms with Crippen molar-refractivity contribution in [3.8, 4) is 11.3 Å². The van der Waals surface area contributed by atoms with E-state index in [1.807, 2.05) is 42.5 Å². The van der Waals surface area contributed by atoms with Crippen LogP contribution < -0.4 is 5.32 Å². The van der Waals surface area contributed by atoms with Crippen LogP contribution in [0, 0.1) is 0 Å². The van der Waals surface area contributed by atoms with Gasteiger partial charge in [-0.3, -0.25) is 4.79 Å². The standard InChI is InChI=1S/C24H26N2O3S/c27-24(16-14-19-13-15-23(25-19)18-7-2-1-3-8-18)26-20-9-6-12-22(17-20)30(28,29)21-10-4-5-11-21/h1-3,6-9,12-13,15,17,21,25H,4-5,10-11,14,16H2,(H,26,27). The summed E-state index contributed by atoms with van der Waals surface area (Å²) in [5.41, 5.74) is 3.64. The Hall–Kier alpha value is -2.86. The predicted molar refractivity (Wildman–Crippen MR) is 119 cm³/mol. The van der Waals surface area contributed by atoms with Gasteiger partial charge in [0.15, 0.2) is 9.84 Å². The molecule has 2 aromatic carbocycles. The third kappa shape index (κ3) is 4.65. The van der Waals surface area contributed by atoms with Crippen LogP contribution in [-0.4, -0.2) is 24.6 Å². The number of hydrogen-bond acceptors (Lipinski definition) is 3. The molecule has 5 nitrogen and oxygen atoms in total. The Kier molecular flexibility index (Phi) is 6.04. The Balaban J connectivity index is 1.36. The fourth-order valence-corrected chi connectivity index (χ4v) is 5.88. The first-order chi connectivity index (χ1) is 14.5. The van der Waals surface area contributed by atoms with Gasteiger partial charge in [-0.25, -0.2) is 8.42 Å². The highest BCUT2D eigenvalue weighted by molar-refractivity contribution is 7.92. The van der Waals surface area contributed by atoms with E-state index >= 15 is 0 Å². The summed E-state index contributed by atoms with van der Waals surface area (Å²) < 4.78 is 25.6. The molecule has 1 aliphatic carbocycles. The summed E-state index contributed by atoms with van der Waals surface area (Å²) in [6.45, 7) is 0. The lowest BCUT2D eigenvalue weighted by Crippen LogP contribution is -2.18. The van der Waals surface area contributed by atoms with Crippen LogP contribution in [0.25, 0.3) is 11.3 Å². The fraction of sp³-hybridized carbons (Fsp3) is 0.292. The third-order valence-electron chi connectivity index (χ3n) is 5.64. The van der Waals surface area contributed by atoms with E-state index in [1.54, 1.807) is 24.3 Å². The van der Waals surface area contributed by atoms with Gasteiger partial charge < -0.3 is 10.3 Å². The number of nitrogens with one attached hydrogen (secondary N) is 2. The van der Waals surface area contributed by atoms with Crippen molar-refractivity contribution in [3.63, 3.8) is 0 Å². The Morgan fingerprint density at radius 1 is 0.967 bits per heavy atom. The SMILES string of the molecule is O=C(CCc1ccc(-c2ccccc2)[nH]1)Nc1cccc(S(=O)(=O)C2CCCC2)c1. The van der Waals surface area contributed by atoms with Crippen LogP contribution >= 0.6 is 0 Å². The number of sulfone groups is 1. The topological polar surface area (TPSA) is 79.0 Å². The first-order valence-corrected chi connectivity index (χ1v) is 11.9. The van der Waals surface area contributed by atoms with E-state index in [0.717, 1.165) is 42.6 Å². The van der Waals surface area contributed by atoms with Crippen LogP contribution in [0.5, 0.6) is 0 Å². The fourth-order valence-electron chi connectivity index (χ4n) is 3.99. The molecule has 6 heteroatoms. The molecule has 30 heavy (non-hydrogen) atoms. The van der Waals surface area contributed by atoms with Gasteiger partial charge in [0.2, 0.25) is 5.91 Å². The first kappa shape index (κ1) is 20.4. The van der Waals surface area contributed by atoms with E-state index in [0.29, 0.717) is 23.4 Å². The van der Waals surface area contributed by atoms with Gasteiger partial charge in [0.1, 0.15) is 0 Å².